The molecule has 0 aliphatic heterocycles. The second kappa shape index (κ2) is 9.37. The highest BCUT2D eigenvalue weighted by molar-refractivity contribution is 5.95. The maximum atomic E-state index is 12.2. The van der Waals surface area contributed by atoms with Gasteiger partial charge in [-0.15, -0.1) is 0 Å². The van der Waals surface area contributed by atoms with Crippen LogP contribution < -0.4 is 15.4 Å². The van der Waals surface area contributed by atoms with Gasteiger partial charge < -0.3 is 15.4 Å². The van der Waals surface area contributed by atoms with E-state index in [4.69, 9.17) is 4.74 Å². The first kappa shape index (κ1) is 19.2. The lowest BCUT2D eigenvalue weighted by atomic mass is 10.1. The van der Waals surface area contributed by atoms with Crippen LogP contribution in [0.2, 0.25) is 0 Å². The number of para-hydroxylation sites is 3. The lowest BCUT2D eigenvalue weighted by Crippen LogP contribution is -2.33. The van der Waals surface area contributed by atoms with E-state index < -0.39 is 0 Å². The third-order valence-corrected chi connectivity index (χ3v) is 4.06. The Morgan fingerprint density at radius 3 is 2.25 bits per heavy atom. The number of hydrogen-bond donors (Lipinski definition) is 2. The fourth-order valence-corrected chi connectivity index (χ4v) is 2.60. The number of amides is 2. The zero-order valence-corrected chi connectivity index (χ0v) is 15.6. The van der Waals surface area contributed by atoms with Crippen LogP contribution in [0.5, 0.6) is 11.5 Å². The first-order valence-corrected chi connectivity index (χ1v) is 9.04. The summed E-state index contributed by atoms with van der Waals surface area (Å²) < 4.78 is 5.82. The predicted octanol–water partition coefficient (Wildman–Crippen LogP) is 4.08. The van der Waals surface area contributed by atoms with Gasteiger partial charge in [-0.2, -0.15) is 0 Å². The average Bonchev–Trinajstić information content (AvgIpc) is 2.70. The minimum atomic E-state index is -0.318. The average molecular weight is 374 g/mol. The second-order valence-corrected chi connectivity index (χ2v) is 6.40. The van der Waals surface area contributed by atoms with Crippen molar-refractivity contribution in [2.24, 2.45) is 0 Å². The Bertz CT molecular complexity index is 938. The Hall–Kier alpha value is -3.60. The summed E-state index contributed by atoms with van der Waals surface area (Å²) in [6.07, 6.45) is 0.237. The summed E-state index contributed by atoms with van der Waals surface area (Å²) in [6.45, 7) is 1.89. The lowest BCUT2D eigenvalue weighted by Gasteiger charge is -2.12. The van der Waals surface area contributed by atoms with Crippen molar-refractivity contribution >= 4 is 17.5 Å². The minimum Gasteiger partial charge on any atom is -0.455 e. The third kappa shape index (κ3) is 5.71. The zero-order chi connectivity index (χ0) is 19.8. The molecule has 3 rings (SSSR count). The van der Waals surface area contributed by atoms with Gasteiger partial charge in [0.1, 0.15) is 5.75 Å². The number of carbonyl (C=O) groups excluding carboxylic acids is 2. The molecular weight excluding hydrogens is 352 g/mol. The number of rotatable bonds is 7. The van der Waals surface area contributed by atoms with E-state index in [1.54, 1.807) is 12.1 Å². The molecule has 0 saturated heterocycles. The molecule has 5 nitrogen and oxygen atoms in total. The molecule has 0 heterocycles. The second-order valence-electron chi connectivity index (χ2n) is 6.40. The molecule has 142 valence electrons. The van der Waals surface area contributed by atoms with Crippen molar-refractivity contribution < 1.29 is 14.3 Å². The van der Waals surface area contributed by atoms with E-state index in [2.05, 4.69) is 10.6 Å². The predicted molar refractivity (Wildman–Crippen MR) is 109 cm³/mol. The van der Waals surface area contributed by atoms with Gasteiger partial charge in [0.15, 0.2) is 5.75 Å². The molecule has 3 aromatic carbocycles. The van der Waals surface area contributed by atoms with Crippen LogP contribution in [0, 0.1) is 6.92 Å². The van der Waals surface area contributed by atoms with Gasteiger partial charge in [0.25, 0.3) is 0 Å². The van der Waals surface area contributed by atoms with E-state index in [0.29, 0.717) is 17.2 Å². The zero-order valence-electron chi connectivity index (χ0n) is 15.6. The summed E-state index contributed by atoms with van der Waals surface area (Å²) in [5.74, 6) is 0.692. The van der Waals surface area contributed by atoms with Crippen molar-refractivity contribution in [2.45, 2.75) is 13.3 Å². The van der Waals surface area contributed by atoms with Crippen LogP contribution in [0.1, 0.15) is 11.1 Å². The number of nitrogens with one attached hydrogen (secondary N) is 2. The standard InChI is InChI=1S/C23H22N2O3/c1-17-11-13-18(14-12-17)15-22(26)24-16-23(27)25-20-9-5-6-10-21(20)28-19-7-3-2-4-8-19/h2-14H,15-16H2,1H3,(H,24,26)(H,25,27). The van der Waals surface area contributed by atoms with E-state index in [1.807, 2.05) is 73.7 Å². The smallest absolute Gasteiger partial charge is 0.243 e. The molecule has 5 heteroatoms. The molecule has 0 fully saturated rings. The molecule has 28 heavy (non-hydrogen) atoms. The molecule has 0 aliphatic carbocycles. The quantitative estimate of drug-likeness (QED) is 0.655. The lowest BCUT2D eigenvalue weighted by molar-refractivity contribution is -0.123. The highest BCUT2D eigenvalue weighted by atomic mass is 16.5. The summed E-state index contributed by atoms with van der Waals surface area (Å²) in [5, 5.41) is 5.42. The van der Waals surface area contributed by atoms with E-state index in [1.165, 1.54) is 0 Å². The maximum Gasteiger partial charge on any atom is 0.243 e. The maximum absolute atomic E-state index is 12.2. The molecule has 2 amide bonds. The number of benzene rings is 3. The highest BCUT2D eigenvalue weighted by Crippen LogP contribution is 2.28. The normalized spacial score (nSPS) is 10.2. The monoisotopic (exact) mass is 374 g/mol. The van der Waals surface area contributed by atoms with Gasteiger partial charge in [0, 0.05) is 0 Å². The van der Waals surface area contributed by atoms with Crippen LogP contribution in [0.25, 0.3) is 0 Å². The summed E-state index contributed by atoms with van der Waals surface area (Å²) in [7, 11) is 0. The van der Waals surface area contributed by atoms with Gasteiger partial charge in [0.2, 0.25) is 11.8 Å². The molecule has 0 aliphatic rings. The number of anilines is 1. The van der Waals surface area contributed by atoms with Crippen molar-refractivity contribution in [1.29, 1.82) is 0 Å². The minimum absolute atomic E-state index is 0.107. The van der Waals surface area contributed by atoms with E-state index in [-0.39, 0.29) is 24.8 Å². The van der Waals surface area contributed by atoms with Crippen LogP contribution in [-0.4, -0.2) is 18.4 Å². The Morgan fingerprint density at radius 1 is 0.821 bits per heavy atom. The number of aryl methyl sites for hydroxylation is 1. The molecule has 0 spiro atoms. The SMILES string of the molecule is Cc1ccc(CC(=O)NCC(=O)Nc2ccccc2Oc2ccccc2)cc1. The van der Waals surface area contributed by atoms with Crippen molar-refractivity contribution in [3.05, 3.63) is 90.0 Å². The summed E-state index contributed by atoms with van der Waals surface area (Å²) in [5.41, 5.74) is 2.59. The number of carbonyl (C=O) groups is 2. The topological polar surface area (TPSA) is 67.4 Å². The van der Waals surface area contributed by atoms with Crippen molar-refractivity contribution in [2.75, 3.05) is 11.9 Å². The first-order chi connectivity index (χ1) is 13.6. The van der Waals surface area contributed by atoms with Crippen molar-refractivity contribution in [3.63, 3.8) is 0 Å². The Labute approximate surface area is 164 Å². The molecule has 0 saturated carbocycles. The number of ether oxygens (including phenoxy) is 1. The van der Waals surface area contributed by atoms with Gasteiger partial charge in [-0.1, -0.05) is 60.2 Å². The molecule has 0 unspecified atom stereocenters. The molecule has 0 bridgehead atoms. The molecule has 0 aromatic heterocycles. The molecule has 0 radical (unpaired) electrons. The van der Waals surface area contributed by atoms with E-state index >= 15 is 0 Å². The fourth-order valence-electron chi connectivity index (χ4n) is 2.60. The van der Waals surface area contributed by atoms with E-state index in [9.17, 15) is 9.59 Å². The highest BCUT2D eigenvalue weighted by Gasteiger charge is 2.10. The van der Waals surface area contributed by atoms with Gasteiger partial charge in [0.05, 0.1) is 18.7 Å². The van der Waals surface area contributed by atoms with Crippen molar-refractivity contribution in [3.8, 4) is 11.5 Å². The summed E-state index contributed by atoms with van der Waals surface area (Å²) in [6, 6.07) is 24.2. The fraction of sp³-hybridized carbons (Fsp3) is 0.130. The molecule has 0 atom stereocenters. The summed E-state index contributed by atoms with van der Waals surface area (Å²) in [4.78, 5) is 24.3. The van der Waals surface area contributed by atoms with Gasteiger partial charge in [-0.25, -0.2) is 0 Å². The van der Waals surface area contributed by atoms with Crippen LogP contribution in [0.4, 0.5) is 5.69 Å². The Balaban J connectivity index is 1.53. The van der Waals surface area contributed by atoms with Gasteiger partial charge in [-0.05, 0) is 36.8 Å². The molecule has 2 N–H and O–H groups in total. The van der Waals surface area contributed by atoms with Crippen LogP contribution >= 0.6 is 0 Å². The third-order valence-electron chi connectivity index (χ3n) is 4.06. The van der Waals surface area contributed by atoms with Gasteiger partial charge >= 0.3 is 0 Å². The van der Waals surface area contributed by atoms with Crippen LogP contribution in [-0.2, 0) is 16.0 Å². The van der Waals surface area contributed by atoms with Crippen LogP contribution in [0.15, 0.2) is 78.9 Å². The Morgan fingerprint density at radius 2 is 1.50 bits per heavy atom. The van der Waals surface area contributed by atoms with Crippen molar-refractivity contribution in [1.82, 2.24) is 5.32 Å². The van der Waals surface area contributed by atoms with E-state index in [0.717, 1.165) is 11.1 Å². The molecule has 3 aromatic rings. The van der Waals surface area contributed by atoms with Crippen LogP contribution in [0.3, 0.4) is 0 Å². The summed E-state index contributed by atoms with van der Waals surface area (Å²) >= 11 is 0. The Kier molecular flexibility index (Phi) is 6.41. The molecular formula is C23H22N2O3. The number of hydrogen-bond acceptors (Lipinski definition) is 3. The van der Waals surface area contributed by atoms with Gasteiger partial charge in [-0.3, -0.25) is 9.59 Å². The largest absolute Gasteiger partial charge is 0.455 e. The first-order valence-electron chi connectivity index (χ1n) is 9.04.